The second kappa shape index (κ2) is 6.54. The molecule has 0 bridgehead atoms. The first-order valence-electron chi connectivity index (χ1n) is 6.79. The molecule has 0 saturated carbocycles. The van der Waals surface area contributed by atoms with Crippen molar-refractivity contribution >= 4 is 10.0 Å². The molecule has 0 atom stereocenters. The van der Waals surface area contributed by atoms with Crippen LogP contribution in [0.25, 0.3) is 0 Å². The minimum atomic E-state index is -3.43. The van der Waals surface area contributed by atoms with Gasteiger partial charge in [-0.2, -0.15) is 4.31 Å². The summed E-state index contributed by atoms with van der Waals surface area (Å²) >= 11 is 0. The Morgan fingerprint density at radius 3 is 2.26 bits per heavy atom. The Balaban J connectivity index is 3.16. The molecule has 0 radical (unpaired) electrons. The first kappa shape index (κ1) is 16.2. The molecule has 0 aliphatic carbocycles. The zero-order valence-electron chi connectivity index (χ0n) is 12.3. The average molecular weight is 287 g/mol. The lowest BCUT2D eigenvalue weighted by Crippen LogP contribution is -2.36. The van der Waals surface area contributed by atoms with E-state index < -0.39 is 10.0 Å². The van der Waals surface area contributed by atoms with Crippen LogP contribution in [0.15, 0.2) is 17.2 Å². The first-order valence-corrected chi connectivity index (χ1v) is 8.23. The lowest BCUT2D eigenvalue weighted by atomic mass is 10.2. The van der Waals surface area contributed by atoms with E-state index in [-0.39, 0.29) is 6.04 Å². The average Bonchev–Trinajstić information content (AvgIpc) is 2.83. The summed E-state index contributed by atoms with van der Waals surface area (Å²) in [5, 5.41) is 0. The van der Waals surface area contributed by atoms with Gasteiger partial charge in [-0.3, -0.25) is 0 Å². The predicted molar refractivity (Wildman–Crippen MR) is 77.3 cm³/mol. The van der Waals surface area contributed by atoms with Crippen molar-refractivity contribution in [3.05, 3.63) is 18.0 Å². The molecule has 0 aliphatic heterocycles. The second-order valence-electron chi connectivity index (χ2n) is 4.65. The van der Waals surface area contributed by atoms with Crippen LogP contribution in [0.2, 0.25) is 0 Å². The standard InChI is InChI=1S/C13H25N3O2S/c1-5-11(6-2)15(4)19(17,18)13-8-12(9-14)16(7-3)10-13/h8,10-11H,5-7,9,14H2,1-4H3. The topological polar surface area (TPSA) is 68.3 Å². The molecule has 0 aromatic carbocycles. The maximum Gasteiger partial charge on any atom is 0.244 e. The summed E-state index contributed by atoms with van der Waals surface area (Å²) in [6.45, 7) is 7.04. The Labute approximate surface area is 116 Å². The van der Waals surface area contributed by atoms with E-state index in [4.69, 9.17) is 5.73 Å². The van der Waals surface area contributed by atoms with Crippen LogP contribution in [0.1, 0.15) is 39.3 Å². The fourth-order valence-electron chi connectivity index (χ4n) is 2.30. The van der Waals surface area contributed by atoms with Crippen molar-refractivity contribution in [3.63, 3.8) is 0 Å². The number of rotatable bonds is 7. The molecular formula is C13H25N3O2S. The smallest absolute Gasteiger partial charge is 0.244 e. The van der Waals surface area contributed by atoms with Gasteiger partial charge in [0.15, 0.2) is 0 Å². The molecule has 0 spiro atoms. The number of hydrogen-bond donors (Lipinski definition) is 1. The van der Waals surface area contributed by atoms with E-state index in [1.807, 2.05) is 25.3 Å². The maximum atomic E-state index is 12.6. The first-order chi connectivity index (χ1) is 8.92. The number of nitrogens with zero attached hydrogens (tertiary/aromatic N) is 2. The Bertz CT molecular complexity index is 482. The molecule has 0 fully saturated rings. The second-order valence-corrected chi connectivity index (χ2v) is 6.65. The normalized spacial score (nSPS) is 12.6. The molecule has 0 saturated heterocycles. The van der Waals surface area contributed by atoms with Crippen LogP contribution in [0.3, 0.4) is 0 Å². The van der Waals surface area contributed by atoms with Crippen LogP contribution >= 0.6 is 0 Å². The molecule has 1 rings (SSSR count). The summed E-state index contributed by atoms with van der Waals surface area (Å²) in [5.41, 5.74) is 6.49. The van der Waals surface area contributed by atoms with E-state index >= 15 is 0 Å². The van der Waals surface area contributed by atoms with Crippen molar-refractivity contribution < 1.29 is 8.42 Å². The van der Waals surface area contributed by atoms with E-state index in [1.54, 1.807) is 19.3 Å². The van der Waals surface area contributed by atoms with Crippen molar-refractivity contribution in [1.29, 1.82) is 0 Å². The van der Waals surface area contributed by atoms with Crippen LogP contribution in [-0.4, -0.2) is 30.4 Å². The van der Waals surface area contributed by atoms with Gasteiger partial charge in [-0.05, 0) is 25.8 Å². The van der Waals surface area contributed by atoms with Gasteiger partial charge in [-0.15, -0.1) is 0 Å². The number of nitrogens with two attached hydrogens (primary N) is 1. The molecule has 19 heavy (non-hydrogen) atoms. The minimum Gasteiger partial charge on any atom is -0.349 e. The molecule has 6 heteroatoms. The van der Waals surface area contributed by atoms with Crippen LogP contribution in [0, 0.1) is 0 Å². The minimum absolute atomic E-state index is 0.0382. The molecule has 0 unspecified atom stereocenters. The van der Waals surface area contributed by atoms with Crippen LogP contribution in [0.4, 0.5) is 0 Å². The van der Waals surface area contributed by atoms with Gasteiger partial charge >= 0.3 is 0 Å². The maximum absolute atomic E-state index is 12.6. The highest BCUT2D eigenvalue weighted by atomic mass is 32.2. The van der Waals surface area contributed by atoms with E-state index in [0.29, 0.717) is 11.4 Å². The van der Waals surface area contributed by atoms with E-state index in [9.17, 15) is 8.42 Å². The van der Waals surface area contributed by atoms with Crippen molar-refractivity contribution in [2.24, 2.45) is 5.73 Å². The van der Waals surface area contributed by atoms with Crippen molar-refractivity contribution in [2.75, 3.05) is 7.05 Å². The van der Waals surface area contributed by atoms with Crippen molar-refractivity contribution in [2.45, 2.75) is 57.6 Å². The monoisotopic (exact) mass is 287 g/mol. The quantitative estimate of drug-likeness (QED) is 0.831. The summed E-state index contributed by atoms with van der Waals surface area (Å²) in [6, 6.07) is 1.72. The molecule has 1 aromatic rings. The third-order valence-electron chi connectivity index (χ3n) is 3.64. The fraction of sp³-hybridized carbons (Fsp3) is 0.692. The largest absolute Gasteiger partial charge is 0.349 e. The zero-order chi connectivity index (χ0) is 14.6. The third-order valence-corrected chi connectivity index (χ3v) is 5.52. The van der Waals surface area contributed by atoms with E-state index in [0.717, 1.165) is 25.1 Å². The predicted octanol–water partition coefficient (Wildman–Crippen LogP) is 1.78. The summed E-state index contributed by atoms with van der Waals surface area (Å²) in [6.07, 6.45) is 3.30. The van der Waals surface area contributed by atoms with E-state index in [1.165, 1.54) is 4.31 Å². The molecule has 1 aromatic heterocycles. The SMILES string of the molecule is CCC(CC)N(C)S(=O)(=O)c1cc(CN)n(CC)c1. The Morgan fingerprint density at radius 2 is 1.89 bits per heavy atom. The highest BCUT2D eigenvalue weighted by Gasteiger charge is 2.27. The van der Waals surface area contributed by atoms with Gasteiger partial charge in [-0.25, -0.2) is 8.42 Å². The molecule has 0 aliphatic rings. The van der Waals surface area contributed by atoms with Crippen LogP contribution < -0.4 is 5.73 Å². The highest BCUT2D eigenvalue weighted by molar-refractivity contribution is 7.89. The van der Waals surface area contributed by atoms with Gasteiger partial charge in [0.25, 0.3) is 0 Å². The van der Waals surface area contributed by atoms with Gasteiger partial charge in [0.1, 0.15) is 4.90 Å². The third kappa shape index (κ3) is 3.19. The van der Waals surface area contributed by atoms with E-state index in [2.05, 4.69) is 0 Å². The molecule has 1 heterocycles. The number of aryl methyl sites for hydroxylation is 1. The number of sulfonamides is 1. The van der Waals surface area contributed by atoms with Gasteiger partial charge in [-0.1, -0.05) is 13.8 Å². The lowest BCUT2D eigenvalue weighted by molar-refractivity contribution is 0.349. The van der Waals surface area contributed by atoms with Crippen molar-refractivity contribution in [1.82, 2.24) is 8.87 Å². The Morgan fingerprint density at radius 1 is 1.32 bits per heavy atom. The van der Waals surface area contributed by atoms with Crippen molar-refractivity contribution in [3.8, 4) is 0 Å². The molecule has 0 amide bonds. The van der Waals surface area contributed by atoms with Gasteiger partial charge < -0.3 is 10.3 Å². The zero-order valence-corrected chi connectivity index (χ0v) is 13.1. The molecule has 110 valence electrons. The molecule has 2 N–H and O–H groups in total. The van der Waals surface area contributed by atoms with Crippen LogP contribution in [0.5, 0.6) is 0 Å². The molecule has 5 nitrogen and oxygen atoms in total. The fourth-order valence-corrected chi connectivity index (χ4v) is 3.87. The Kier molecular flexibility index (Phi) is 5.58. The lowest BCUT2D eigenvalue weighted by Gasteiger charge is -2.24. The van der Waals surface area contributed by atoms with Gasteiger partial charge in [0, 0.05) is 38.1 Å². The summed E-state index contributed by atoms with van der Waals surface area (Å²) in [4.78, 5) is 0.337. The van der Waals surface area contributed by atoms with Crippen LogP contribution in [-0.2, 0) is 23.1 Å². The number of hydrogen-bond acceptors (Lipinski definition) is 3. The molecular weight excluding hydrogens is 262 g/mol. The summed E-state index contributed by atoms with van der Waals surface area (Å²) in [7, 11) is -1.78. The highest BCUT2D eigenvalue weighted by Crippen LogP contribution is 2.21. The summed E-state index contributed by atoms with van der Waals surface area (Å²) < 4.78 is 28.5. The Hall–Kier alpha value is -0.850. The van der Waals surface area contributed by atoms with Gasteiger partial charge in [0.2, 0.25) is 10.0 Å². The number of aromatic nitrogens is 1. The summed E-state index contributed by atoms with van der Waals surface area (Å²) in [5.74, 6) is 0. The van der Waals surface area contributed by atoms with Gasteiger partial charge in [0.05, 0.1) is 0 Å².